The lowest BCUT2D eigenvalue weighted by Gasteiger charge is -2.29. The smallest absolute Gasteiger partial charge is 0.322 e. The molecule has 2 N–H and O–H groups in total. The molecule has 6 nitrogen and oxygen atoms in total. The van der Waals surface area contributed by atoms with E-state index in [9.17, 15) is 9.59 Å². The van der Waals surface area contributed by atoms with Crippen LogP contribution in [0.4, 0.5) is 10.5 Å². The molecule has 0 radical (unpaired) electrons. The Morgan fingerprint density at radius 3 is 2.39 bits per heavy atom. The number of urea groups is 1. The van der Waals surface area contributed by atoms with Crippen molar-refractivity contribution < 1.29 is 9.59 Å². The van der Waals surface area contributed by atoms with Crippen LogP contribution in [-0.2, 0) is 17.8 Å². The van der Waals surface area contributed by atoms with E-state index in [1.807, 2.05) is 85.6 Å². The van der Waals surface area contributed by atoms with E-state index in [4.69, 9.17) is 0 Å². The first-order valence-corrected chi connectivity index (χ1v) is 13.3. The number of aromatic amines is 1. The monoisotopic (exact) mass is 510 g/mol. The van der Waals surface area contributed by atoms with Crippen molar-refractivity contribution in [3.05, 3.63) is 101 Å². The number of amides is 3. The third-order valence-electron chi connectivity index (χ3n) is 6.72. The lowest BCUT2D eigenvalue weighted by atomic mass is 10.1. The van der Waals surface area contributed by atoms with E-state index in [2.05, 4.69) is 36.3 Å². The summed E-state index contributed by atoms with van der Waals surface area (Å²) in [5, 5.41) is 4.20. The number of hydrogen-bond donors (Lipinski definition) is 2. The highest BCUT2D eigenvalue weighted by Crippen LogP contribution is 2.20. The largest absolute Gasteiger partial charge is 0.361 e. The molecular formula is C32H38N4O2. The second kappa shape index (κ2) is 12.5. The highest BCUT2D eigenvalue weighted by Gasteiger charge is 2.23. The molecule has 0 aliphatic heterocycles. The Morgan fingerprint density at radius 2 is 1.66 bits per heavy atom. The first-order chi connectivity index (χ1) is 18.3. The molecule has 38 heavy (non-hydrogen) atoms. The Balaban J connectivity index is 1.51. The van der Waals surface area contributed by atoms with E-state index in [0.29, 0.717) is 19.6 Å². The molecule has 0 fully saturated rings. The second-order valence-corrected chi connectivity index (χ2v) is 10.4. The maximum atomic E-state index is 13.7. The van der Waals surface area contributed by atoms with Gasteiger partial charge in [0.15, 0.2) is 0 Å². The number of rotatable bonds is 10. The van der Waals surface area contributed by atoms with Gasteiger partial charge in [0.1, 0.15) is 6.54 Å². The predicted molar refractivity (Wildman–Crippen MR) is 155 cm³/mol. The van der Waals surface area contributed by atoms with Gasteiger partial charge in [0.25, 0.3) is 0 Å². The van der Waals surface area contributed by atoms with Crippen LogP contribution in [0.5, 0.6) is 0 Å². The number of anilines is 1. The summed E-state index contributed by atoms with van der Waals surface area (Å²) in [6.45, 7) is 9.69. The molecular weight excluding hydrogens is 472 g/mol. The van der Waals surface area contributed by atoms with Gasteiger partial charge in [-0.15, -0.1) is 0 Å². The summed E-state index contributed by atoms with van der Waals surface area (Å²) >= 11 is 0. The summed E-state index contributed by atoms with van der Waals surface area (Å²) in [5.41, 5.74) is 6.24. The summed E-state index contributed by atoms with van der Waals surface area (Å²) in [6.07, 6.45) is 2.75. The van der Waals surface area contributed by atoms with E-state index in [1.165, 1.54) is 10.9 Å². The zero-order chi connectivity index (χ0) is 27.1. The van der Waals surface area contributed by atoms with Crippen LogP contribution < -0.4 is 5.32 Å². The van der Waals surface area contributed by atoms with Gasteiger partial charge in [-0.2, -0.15) is 0 Å². The van der Waals surface area contributed by atoms with Gasteiger partial charge in [0.2, 0.25) is 5.91 Å². The number of carbonyl (C=O) groups excluding carboxylic acids is 2. The van der Waals surface area contributed by atoms with Crippen LogP contribution in [0.1, 0.15) is 36.1 Å². The molecule has 4 rings (SSSR count). The fraction of sp³-hybridized carbons (Fsp3) is 0.312. The van der Waals surface area contributed by atoms with Crippen molar-refractivity contribution in [2.75, 3.05) is 25.0 Å². The molecule has 0 atom stereocenters. The number of hydrogen-bond acceptors (Lipinski definition) is 2. The quantitative estimate of drug-likeness (QED) is 0.254. The maximum Gasteiger partial charge on any atom is 0.322 e. The summed E-state index contributed by atoms with van der Waals surface area (Å²) in [5.74, 6) is 0.159. The number of benzene rings is 3. The lowest BCUT2D eigenvalue weighted by molar-refractivity contribution is -0.132. The summed E-state index contributed by atoms with van der Waals surface area (Å²) in [7, 11) is 0. The normalized spacial score (nSPS) is 11.1. The molecule has 3 amide bonds. The Bertz CT molecular complexity index is 1380. The first-order valence-electron chi connectivity index (χ1n) is 13.3. The average molecular weight is 511 g/mol. The van der Waals surface area contributed by atoms with E-state index in [1.54, 1.807) is 4.90 Å². The molecule has 0 bridgehead atoms. The van der Waals surface area contributed by atoms with Gasteiger partial charge in [0, 0.05) is 42.4 Å². The van der Waals surface area contributed by atoms with Gasteiger partial charge in [-0.1, -0.05) is 80.1 Å². The Morgan fingerprint density at radius 1 is 0.921 bits per heavy atom. The van der Waals surface area contributed by atoms with Crippen LogP contribution in [0, 0.1) is 19.8 Å². The molecule has 0 saturated carbocycles. The zero-order valence-electron chi connectivity index (χ0n) is 22.8. The Labute approximate surface area is 225 Å². The van der Waals surface area contributed by atoms with Crippen LogP contribution in [0.3, 0.4) is 0 Å². The third-order valence-corrected chi connectivity index (χ3v) is 6.72. The Kier molecular flexibility index (Phi) is 8.85. The SMILES string of the molecule is Cc1ccc(NC(=O)N(CC(=O)N(CCc2c[nH]c3ccccc23)Cc2ccccc2)CC(C)C)c(C)c1. The van der Waals surface area contributed by atoms with Crippen molar-refractivity contribution in [1.82, 2.24) is 14.8 Å². The molecule has 1 aromatic heterocycles. The van der Waals surface area contributed by atoms with Gasteiger partial charge in [-0.05, 0) is 55.0 Å². The topological polar surface area (TPSA) is 68.4 Å². The van der Waals surface area contributed by atoms with E-state index < -0.39 is 0 Å². The molecule has 3 aromatic carbocycles. The van der Waals surface area contributed by atoms with Crippen LogP contribution in [-0.4, -0.2) is 46.4 Å². The molecule has 0 unspecified atom stereocenters. The number of fused-ring (bicyclic) bond motifs is 1. The highest BCUT2D eigenvalue weighted by atomic mass is 16.2. The molecule has 198 valence electrons. The number of aromatic nitrogens is 1. The maximum absolute atomic E-state index is 13.7. The van der Waals surface area contributed by atoms with Crippen LogP contribution in [0.25, 0.3) is 10.9 Å². The van der Waals surface area contributed by atoms with E-state index >= 15 is 0 Å². The van der Waals surface area contributed by atoms with Crippen molar-refractivity contribution in [1.29, 1.82) is 0 Å². The van der Waals surface area contributed by atoms with E-state index in [-0.39, 0.29) is 24.4 Å². The van der Waals surface area contributed by atoms with Crippen LogP contribution >= 0.6 is 0 Å². The van der Waals surface area contributed by atoms with Crippen molar-refractivity contribution >= 4 is 28.5 Å². The van der Waals surface area contributed by atoms with Crippen LogP contribution in [0.2, 0.25) is 0 Å². The highest BCUT2D eigenvalue weighted by molar-refractivity contribution is 5.93. The van der Waals surface area contributed by atoms with Gasteiger partial charge in [-0.25, -0.2) is 4.79 Å². The second-order valence-electron chi connectivity index (χ2n) is 10.4. The van der Waals surface area contributed by atoms with Crippen molar-refractivity contribution in [3.63, 3.8) is 0 Å². The van der Waals surface area contributed by atoms with Gasteiger partial charge in [0.05, 0.1) is 0 Å². The summed E-state index contributed by atoms with van der Waals surface area (Å²) < 4.78 is 0. The molecule has 0 aliphatic rings. The summed E-state index contributed by atoms with van der Waals surface area (Å²) in [4.78, 5) is 33.9. The fourth-order valence-electron chi connectivity index (χ4n) is 4.76. The fourth-order valence-corrected chi connectivity index (χ4v) is 4.76. The molecule has 6 heteroatoms. The summed E-state index contributed by atoms with van der Waals surface area (Å²) in [6, 6.07) is 23.9. The lowest BCUT2D eigenvalue weighted by Crippen LogP contribution is -2.46. The van der Waals surface area contributed by atoms with Crippen molar-refractivity contribution in [3.8, 4) is 0 Å². The molecule has 0 aliphatic carbocycles. The standard InChI is InChI=1S/C32H38N4O2/c1-23(2)20-36(32(38)34-29-15-14-24(3)18-25(29)4)22-31(37)35(21-26-10-6-5-7-11-26)17-16-27-19-33-30-13-9-8-12-28(27)30/h5-15,18-19,23,33H,16-17,20-22H2,1-4H3,(H,34,38). The number of H-pyrrole nitrogens is 1. The molecule has 0 spiro atoms. The Hall–Kier alpha value is -4.06. The van der Waals surface area contributed by atoms with Gasteiger partial charge >= 0.3 is 6.03 Å². The minimum atomic E-state index is -0.254. The van der Waals surface area contributed by atoms with Crippen molar-refractivity contribution in [2.45, 2.75) is 40.7 Å². The number of nitrogens with one attached hydrogen (secondary N) is 2. The molecule has 1 heterocycles. The number of carbonyl (C=O) groups is 2. The minimum Gasteiger partial charge on any atom is -0.361 e. The zero-order valence-corrected chi connectivity index (χ0v) is 22.8. The molecule has 4 aromatic rings. The first kappa shape index (κ1) is 27.0. The average Bonchev–Trinajstić information content (AvgIpc) is 3.31. The molecule has 0 saturated heterocycles. The number of para-hydroxylation sites is 1. The minimum absolute atomic E-state index is 0.0235. The van der Waals surface area contributed by atoms with E-state index in [0.717, 1.165) is 34.3 Å². The van der Waals surface area contributed by atoms with Crippen molar-refractivity contribution in [2.24, 2.45) is 5.92 Å². The third kappa shape index (κ3) is 7.03. The van der Waals surface area contributed by atoms with Gasteiger partial charge in [-0.3, -0.25) is 4.79 Å². The number of aryl methyl sites for hydroxylation is 2. The van der Waals surface area contributed by atoms with Gasteiger partial charge < -0.3 is 20.1 Å². The number of nitrogens with zero attached hydrogens (tertiary/aromatic N) is 2. The van der Waals surface area contributed by atoms with Crippen LogP contribution in [0.15, 0.2) is 79.0 Å². The predicted octanol–water partition coefficient (Wildman–Crippen LogP) is 6.55.